The van der Waals surface area contributed by atoms with Crippen LogP contribution in [0.1, 0.15) is 72.1 Å². The highest BCUT2D eigenvalue weighted by atomic mass is 16.5. The molecule has 2 heteroatoms. The Hall–Kier alpha value is -0.530. The molecule has 0 aliphatic heterocycles. The molecule has 0 rings (SSSR count). The van der Waals surface area contributed by atoms with Gasteiger partial charge in [0.05, 0.1) is 12.5 Å². The van der Waals surface area contributed by atoms with Gasteiger partial charge in [-0.15, -0.1) is 0 Å². The van der Waals surface area contributed by atoms with Crippen LogP contribution in [0.5, 0.6) is 0 Å². The van der Waals surface area contributed by atoms with E-state index in [4.69, 9.17) is 4.74 Å². The molecule has 96 valence electrons. The lowest BCUT2D eigenvalue weighted by Crippen LogP contribution is -2.15. The summed E-state index contributed by atoms with van der Waals surface area (Å²) in [6.45, 7) is 6.93. The molecule has 0 spiro atoms. The van der Waals surface area contributed by atoms with E-state index in [0.717, 1.165) is 25.7 Å². The van der Waals surface area contributed by atoms with Crippen LogP contribution in [0.4, 0.5) is 0 Å². The van der Waals surface area contributed by atoms with E-state index < -0.39 is 0 Å². The predicted molar refractivity (Wildman–Crippen MR) is 68.4 cm³/mol. The molecule has 0 amide bonds. The van der Waals surface area contributed by atoms with E-state index >= 15 is 0 Å². The molecule has 0 fully saturated rings. The van der Waals surface area contributed by atoms with Gasteiger partial charge in [-0.3, -0.25) is 4.79 Å². The van der Waals surface area contributed by atoms with Gasteiger partial charge in [0.25, 0.3) is 0 Å². The monoisotopic (exact) mass is 228 g/mol. The number of hydrogen-bond donors (Lipinski definition) is 0. The van der Waals surface area contributed by atoms with Gasteiger partial charge in [0.1, 0.15) is 0 Å². The number of rotatable bonds is 10. The summed E-state index contributed by atoms with van der Waals surface area (Å²) in [4.78, 5) is 11.5. The van der Waals surface area contributed by atoms with Gasteiger partial charge in [-0.25, -0.2) is 0 Å². The van der Waals surface area contributed by atoms with Gasteiger partial charge >= 0.3 is 5.97 Å². The van der Waals surface area contributed by atoms with Crippen LogP contribution in [-0.2, 0) is 9.53 Å². The van der Waals surface area contributed by atoms with Crippen LogP contribution in [0, 0.1) is 5.92 Å². The van der Waals surface area contributed by atoms with Gasteiger partial charge in [0.15, 0.2) is 0 Å². The Morgan fingerprint density at radius 3 is 2.25 bits per heavy atom. The first-order valence-electron chi connectivity index (χ1n) is 6.89. The average molecular weight is 228 g/mol. The van der Waals surface area contributed by atoms with Gasteiger partial charge < -0.3 is 4.74 Å². The summed E-state index contributed by atoms with van der Waals surface area (Å²) in [7, 11) is 0. The van der Waals surface area contributed by atoms with E-state index in [0.29, 0.717) is 6.61 Å². The second-order valence-electron chi connectivity index (χ2n) is 4.62. The van der Waals surface area contributed by atoms with Crippen molar-refractivity contribution in [3.63, 3.8) is 0 Å². The van der Waals surface area contributed by atoms with Gasteiger partial charge in [0, 0.05) is 0 Å². The maximum Gasteiger partial charge on any atom is 0.308 e. The average Bonchev–Trinajstić information content (AvgIpc) is 2.29. The van der Waals surface area contributed by atoms with Gasteiger partial charge in [-0.05, 0) is 12.8 Å². The summed E-state index contributed by atoms with van der Waals surface area (Å²) in [5.41, 5.74) is 0. The van der Waals surface area contributed by atoms with Crippen molar-refractivity contribution in [2.75, 3.05) is 6.61 Å². The van der Waals surface area contributed by atoms with Crippen molar-refractivity contribution in [1.82, 2.24) is 0 Å². The molecule has 0 heterocycles. The molecule has 2 nitrogen and oxygen atoms in total. The molecule has 0 aromatic heterocycles. The number of carbonyl (C=O) groups is 1. The number of esters is 1. The fourth-order valence-corrected chi connectivity index (χ4v) is 1.66. The minimum absolute atomic E-state index is 0.00685. The Morgan fingerprint density at radius 1 is 1.00 bits per heavy atom. The Kier molecular flexibility index (Phi) is 10.6. The van der Waals surface area contributed by atoms with Gasteiger partial charge in [0.2, 0.25) is 0 Å². The van der Waals surface area contributed by atoms with Gasteiger partial charge in [-0.2, -0.15) is 0 Å². The summed E-state index contributed by atoms with van der Waals surface area (Å²) in [6.07, 6.45) is 9.22. The summed E-state index contributed by atoms with van der Waals surface area (Å²) in [5.74, 6) is 0.0751. The molecule has 0 radical (unpaired) electrons. The van der Waals surface area contributed by atoms with E-state index in [1.165, 1.54) is 25.7 Å². The standard InChI is InChI=1S/C14H28O2/c1-4-6-8-9-11-13(3)14(15)16-12-10-7-5-2/h13H,4-12H2,1-3H3. The highest BCUT2D eigenvalue weighted by Gasteiger charge is 2.13. The van der Waals surface area contributed by atoms with Crippen molar-refractivity contribution in [3.8, 4) is 0 Å². The van der Waals surface area contributed by atoms with E-state index in [9.17, 15) is 4.79 Å². The van der Waals surface area contributed by atoms with E-state index in [1.807, 2.05) is 6.92 Å². The van der Waals surface area contributed by atoms with Crippen molar-refractivity contribution in [3.05, 3.63) is 0 Å². The molecule has 0 saturated heterocycles. The molecular weight excluding hydrogens is 200 g/mol. The van der Waals surface area contributed by atoms with E-state index in [1.54, 1.807) is 0 Å². The van der Waals surface area contributed by atoms with E-state index in [-0.39, 0.29) is 11.9 Å². The third kappa shape index (κ3) is 8.75. The van der Waals surface area contributed by atoms with E-state index in [2.05, 4.69) is 13.8 Å². The first kappa shape index (κ1) is 15.5. The molecule has 0 aromatic rings. The van der Waals surface area contributed by atoms with Crippen LogP contribution in [0.15, 0.2) is 0 Å². The van der Waals surface area contributed by atoms with Crippen molar-refractivity contribution >= 4 is 5.97 Å². The summed E-state index contributed by atoms with van der Waals surface area (Å²) < 4.78 is 5.22. The van der Waals surface area contributed by atoms with Crippen LogP contribution >= 0.6 is 0 Å². The fourth-order valence-electron chi connectivity index (χ4n) is 1.66. The molecule has 0 bridgehead atoms. The molecular formula is C14H28O2. The largest absolute Gasteiger partial charge is 0.465 e. The number of hydrogen-bond acceptors (Lipinski definition) is 2. The topological polar surface area (TPSA) is 26.3 Å². The van der Waals surface area contributed by atoms with Crippen LogP contribution in [0.25, 0.3) is 0 Å². The summed E-state index contributed by atoms with van der Waals surface area (Å²) in [6, 6.07) is 0. The van der Waals surface area contributed by atoms with Crippen molar-refractivity contribution < 1.29 is 9.53 Å². The van der Waals surface area contributed by atoms with Crippen molar-refractivity contribution in [2.24, 2.45) is 5.92 Å². The first-order valence-corrected chi connectivity index (χ1v) is 6.89. The maximum absolute atomic E-state index is 11.5. The molecule has 0 aliphatic carbocycles. The quantitative estimate of drug-likeness (QED) is 0.411. The fraction of sp³-hybridized carbons (Fsp3) is 0.929. The van der Waals surface area contributed by atoms with Crippen molar-refractivity contribution in [1.29, 1.82) is 0 Å². The SMILES string of the molecule is CCCCCCC(C)C(=O)OCCCCC. The number of unbranched alkanes of at least 4 members (excludes halogenated alkanes) is 5. The molecule has 16 heavy (non-hydrogen) atoms. The predicted octanol–water partition coefficient (Wildman–Crippen LogP) is 4.33. The van der Waals surface area contributed by atoms with Crippen molar-refractivity contribution in [2.45, 2.75) is 72.1 Å². The normalized spacial score (nSPS) is 12.4. The Bertz CT molecular complexity index is 166. The minimum Gasteiger partial charge on any atom is -0.465 e. The van der Waals surface area contributed by atoms with Crippen LogP contribution in [0.3, 0.4) is 0 Å². The summed E-state index contributed by atoms with van der Waals surface area (Å²) in [5, 5.41) is 0. The summed E-state index contributed by atoms with van der Waals surface area (Å²) >= 11 is 0. The molecule has 0 N–H and O–H groups in total. The number of ether oxygens (including phenoxy) is 1. The van der Waals surface area contributed by atoms with Crippen LogP contribution in [0.2, 0.25) is 0 Å². The molecule has 0 saturated carbocycles. The van der Waals surface area contributed by atoms with Gasteiger partial charge in [-0.1, -0.05) is 59.3 Å². The highest BCUT2D eigenvalue weighted by molar-refractivity contribution is 5.71. The zero-order valence-corrected chi connectivity index (χ0v) is 11.3. The molecule has 1 unspecified atom stereocenters. The Balaban J connectivity index is 3.42. The van der Waals surface area contributed by atoms with Crippen LogP contribution in [-0.4, -0.2) is 12.6 Å². The molecule has 0 aromatic carbocycles. The molecule has 1 atom stereocenters. The second kappa shape index (κ2) is 11.0. The Labute approximate surface area is 101 Å². The smallest absolute Gasteiger partial charge is 0.308 e. The third-order valence-electron chi connectivity index (χ3n) is 2.89. The lowest BCUT2D eigenvalue weighted by molar-refractivity contribution is -0.148. The maximum atomic E-state index is 11.5. The second-order valence-corrected chi connectivity index (χ2v) is 4.62. The van der Waals surface area contributed by atoms with Crippen LogP contribution < -0.4 is 0 Å². The molecule has 0 aliphatic rings. The highest BCUT2D eigenvalue weighted by Crippen LogP contribution is 2.12. The Morgan fingerprint density at radius 2 is 1.62 bits per heavy atom. The lowest BCUT2D eigenvalue weighted by atomic mass is 10.0. The number of carbonyl (C=O) groups excluding carboxylic acids is 1. The third-order valence-corrected chi connectivity index (χ3v) is 2.89. The zero-order valence-electron chi connectivity index (χ0n) is 11.3. The lowest BCUT2D eigenvalue weighted by Gasteiger charge is -2.10. The minimum atomic E-state index is -0.00685. The first-order chi connectivity index (χ1) is 7.72. The zero-order chi connectivity index (χ0) is 12.2.